The van der Waals surface area contributed by atoms with Crippen molar-refractivity contribution in [1.82, 2.24) is 9.78 Å². The summed E-state index contributed by atoms with van der Waals surface area (Å²) in [5.74, 6) is 0.840. The molecule has 0 saturated heterocycles. The SMILES string of the molecule is Cc1ccc([N+](=O)[O-])cc1-n1nc(-c2c(Cl)cccc2Cl)c2c1NCCCC2. The summed E-state index contributed by atoms with van der Waals surface area (Å²) in [4.78, 5) is 10.9. The van der Waals surface area contributed by atoms with E-state index in [9.17, 15) is 10.1 Å². The van der Waals surface area contributed by atoms with Gasteiger partial charge in [-0.05, 0) is 43.9 Å². The van der Waals surface area contributed by atoms with Gasteiger partial charge in [-0.15, -0.1) is 0 Å². The summed E-state index contributed by atoms with van der Waals surface area (Å²) in [7, 11) is 0. The highest BCUT2D eigenvalue weighted by molar-refractivity contribution is 6.39. The average Bonchev–Trinajstić information content (AvgIpc) is 2.84. The molecule has 28 heavy (non-hydrogen) atoms. The Morgan fingerprint density at radius 1 is 1.18 bits per heavy atom. The molecule has 0 bridgehead atoms. The van der Waals surface area contributed by atoms with Crippen LogP contribution in [0.3, 0.4) is 0 Å². The van der Waals surface area contributed by atoms with Gasteiger partial charge in [-0.1, -0.05) is 35.3 Å². The first-order chi connectivity index (χ1) is 13.5. The summed E-state index contributed by atoms with van der Waals surface area (Å²) in [6.07, 6.45) is 2.86. The minimum atomic E-state index is -0.398. The fourth-order valence-electron chi connectivity index (χ4n) is 3.54. The van der Waals surface area contributed by atoms with Crippen molar-refractivity contribution in [2.75, 3.05) is 11.9 Å². The number of aryl methyl sites for hydroxylation is 1. The molecule has 1 aliphatic rings. The summed E-state index contributed by atoms with van der Waals surface area (Å²) in [6, 6.07) is 10.2. The van der Waals surface area contributed by atoms with Crippen LogP contribution in [0.4, 0.5) is 11.5 Å². The van der Waals surface area contributed by atoms with E-state index in [0.717, 1.165) is 42.8 Å². The summed E-state index contributed by atoms with van der Waals surface area (Å²) in [5, 5.41) is 20.6. The lowest BCUT2D eigenvalue weighted by molar-refractivity contribution is -0.384. The number of nitro groups is 1. The van der Waals surface area contributed by atoms with E-state index in [-0.39, 0.29) is 5.69 Å². The number of nitrogens with zero attached hydrogens (tertiary/aromatic N) is 3. The maximum atomic E-state index is 11.3. The standard InChI is InChI=1S/C20H18Cl2N4O2/c1-12-8-9-13(26(27)28)11-17(12)25-20-14(5-2-3-10-23-20)19(24-25)18-15(21)6-4-7-16(18)22/h4,6-9,11,23H,2-3,5,10H2,1H3. The highest BCUT2D eigenvalue weighted by Crippen LogP contribution is 2.41. The van der Waals surface area contributed by atoms with Crippen LogP contribution in [0.5, 0.6) is 0 Å². The lowest BCUT2D eigenvalue weighted by Crippen LogP contribution is -2.08. The van der Waals surface area contributed by atoms with E-state index >= 15 is 0 Å². The number of fused-ring (bicyclic) bond motifs is 1. The van der Waals surface area contributed by atoms with E-state index in [4.69, 9.17) is 28.3 Å². The molecule has 2 heterocycles. The molecule has 0 atom stereocenters. The van der Waals surface area contributed by atoms with E-state index in [1.54, 1.807) is 35.0 Å². The number of hydrogen-bond donors (Lipinski definition) is 1. The van der Waals surface area contributed by atoms with Gasteiger partial charge in [0, 0.05) is 29.8 Å². The van der Waals surface area contributed by atoms with Crippen molar-refractivity contribution in [2.24, 2.45) is 0 Å². The number of nitrogens with one attached hydrogen (secondary N) is 1. The number of halogens is 2. The molecule has 0 radical (unpaired) electrons. The van der Waals surface area contributed by atoms with Crippen molar-refractivity contribution in [3.63, 3.8) is 0 Å². The molecule has 4 rings (SSSR count). The lowest BCUT2D eigenvalue weighted by atomic mass is 10.0. The molecule has 8 heteroatoms. The zero-order valence-electron chi connectivity index (χ0n) is 15.2. The van der Waals surface area contributed by atoms with E-state index in [1.807, 2.05) is 6.92 Å². The quantitative estimate of drug-likeness (QED) is 0.431. The minimum Gasteiger partial charge on any atom is -0.370 e. The molecule has 2 aromatic carbocycles. The number of aromatic nitrogens is 2. The topological polar surface area (TPSA) is 73.0 Å². The normalized spacial score (nSPS) is 13.5. The van der Waals surface area contributed by atoms with Crippen molar-refractivity contribution < 1.29 is 4.92 Å². The number of non-ortho nitro benzene ring substituents is 1. The van der Waals surface area contributed by atoms with Gasteiger partial charge in [0.1, 0.15) is 11.5 Å². The van der Waals surface area contributed by atoms with Gasteiger partial charge in [-0.25, -0.2) is 4.68 Å². The van der Waals surface area contributed by atoms with Crippen LogP contribution in [0.2, 0.25) is 10.0 Å². The second-order valence-corrected chi connectivity index (χ2v) is 7.61. The van der Waals surface area contributed by atoms with E-state index in [2.05, 4.69) is 5.32 Å². The second-order valence-electron chi connectivity index (χ2n) is 6.80. The lowest BCUT2D eigenvalue weighted by Gasteiger charge is -2.11. The molecule has 1 aromatic heterocycles. The number of nitro benzene ring substituents is 1. The third-order valence-electron chi connectivity index (χ3n) is 4.96. The highest BCUT2D eigenvalue weighted by atomic mass is 35.5. The monoisotopic (exact) mass is 416 g/mol. The molecule has 1 aliphatic heterocycles. The van der Waals surface area contributed by atoms with Crippen molar-refractivity contribution in [2.45, 2.75) is 26.2 Å². The van der Waals surface area contributed by atoms with Gasteiger partial charge < -0.3 is 5.32 Å². The van der Waals surface area contributed by atoms with Crippen LogP contribution in [0.25, 0.3) is 16.9 Å². The van der Waals surface area contributed by atoms with Gasteiger partial charge in [0.05, 0.1) is 20.7 Å². The molecule has 6 nitrogen and oxygen atoms in total. The van der Waals surface area contributed by atoms with Gasteiger partial charge in [-0.2, -0.15) is 5.10 Å². The molecule has 0 fully saturated rings. The molecular formula is C20H18Cl2N4O2. The first-order valence-corrected chi connectivity index (χ1v) is 9.78. The third-order valence-corrected chi connectivity index (χ3v) is 5.59. The van der Waals surface area contributed by atoms with Gasteiger partial charge in [-0.3, -0.25) is 10.1 Å². The van der Waals surface area contributed by atoms with Crippen LogP contribution >= 0.6 is 23.2 Å². The second kappa shape index (κ2) is 7.45. The zero-order chi connectivity index (χ0) is 19.8. The van der Waals surface area contributed by atoms with E-state index < -0.39 is 4.92 Å². The van der Waals surface area contributed by atoms with Crippen molar-refractivity contribution >= 4 is 34.7 Å². The minimum absolute atomic E-state index is 0.0239. The zero-order valence-corrected chi connectivity index (χ0v) is 16.7. The Bertz CT molecular complexity index is 1060. The first-order valence-electron chi connectivity index (χ1n) is 9.03. The molecule has 0 saturated carbocycles. The van der Waals surface area contributed by atoms with E-state index in [1.165, 1.54) is 6.07 Å². The van der Waals surface area contributed by atoms with Crippen LogP contribution in [0.15, 0.2) is 36.4 Å². The number of anilines is 1. The Balaban J connectivity index is 1.99. The predicted octanol–water partition coefficient (Wildman–Crippen LogP) is 5.81. The maximum absolute atomic E-state index is 11.3. The molecule has 144 valence electrons. The summed E-state index contributed by atoms with van der Waals surface area (Å²) in [6.45, 7) is 2.72. The molecule has 0 aliphatic carbocycles. The maximum Gasteiger partial charge on any atom is 0.271 e. The van der Waals surface area contributed by atoms with Crippen LogP contribution in [0.1, 0.15) is 24.0 Å². The van der Waals surface area contributed by atoms with Gasteiger partial charge in [0.25, 0.3) is 5.69 Å². The van der Waals surface area contributed by atoms with Gasteiger partial charge >= 0.3 is 0 Å². The molecular weight excluding hydrogens is 399 g/mol. The summed E-state index contributed by atoms with van der Waals surface area (Å²) < 4.78 is 1.75. The van der Waals surface area contributed by atoms with Crippen molar-refractivity contribution in [3.8, 4) is 16.9 Å². The molecule has 0 spiro atoms. The first kappa shape index (κ1) is 18.8. The van der Waals surface area contributed by atoms with Crippen molar-refractivity contribution in [3.05, 3.63) is 67.7 Å². The molecule has 3 aromatic rings. The predicted molar refractivity (Wildman–Crippen MR) is 112 cm³/mol. The van der Waals surface area contributed by atoms with E-state index in [0.29, 0.717) is 27.0 Å². The number of rotatable bonds is 3. The highest BCUT2D eigenvalue weighted by Gasteiger charge is 2.25. The Hall–Kier alpha value is -2.57. The average molecular weight is 417 g/mol. The smallest absolute Gasteiger partial charge is 0.271 e. The fraction of sp³-hybridized carbons (Fsp3) is 0.250. The summed E-state index contributed by atoms with van der Waals surface area (Å²) in [5.41, 5.74) is 4.00. The largest absolute Gasteiger partial charge is 0.370 e. The molecule has 0 amide bonds. The van der Waals surface area contributed by atoms with Crippen LogP contribution in [-0.4, -0.2) is 21.2 Å². The summed E-state index contributed by atoms with van der Waals surface area (Å²) >= 11 is 12.9. The van der Waals surface area contributed by atoms with Crippen molar-refractivity contribution in [1.29, 1.82) is 0 Å². The van der Waals surface area contributed by atoms with Crippen LogP contribution in [-0.2, 0) is 6.42 Å². The van der Waals surface area contributed by atoms with Crippen LogP contribution < -0.4 is 5.32 Å². The Kier molecular flexibility index (Phi) is 5.00. The van der Waals surface area contributed by atoms with Crippen LogP contribution in [0, 0.1) is 17.0 Å². The Labute approximate surface area is 172 Å². The number of benzene rings is 2. The third kappa shape index (κ3) is 3.23. The molecule has 1 N–H and O–H groups in total. The van der Waals surface area contributed by atoms with Gasteiger partial charge in [0.15, 0.2) is 0 Å². The number of hydrogen-bond acceptors (Lipinski definition) is 4. The fourth-order valence-corrected chi connectivity index (χ4v) is 4.12. The molecule has 0 unspecified atom stereocenters. The Morgan fingerprint density at radius 3 is 2.64 bits per heavy atom. The van der Waals surface area contributed by atoms with Gasteiger partial charge in [0.2, 0.25) is 0 Å². The Morgan fingerprint density at radius 2 is 1.93 bits per heavy atom.